The summed E-state index contributed by atoms with van der Waals surface area (Å²) < 4.78 is 5.14. The first-order valence-electron chi connectivity index (χ1n) is 4.48. The second-order valence-electron chi connectivity index (χ2n) is 3.52. The Morgan fingerprint density at radius 1 is 1.58 bits per heavy atom. The van der Waals surface area contributed by atoms with Gasteiger partial charge in [-0.25, -0.2) is 0 Å². The van der Waals surface area contributed by atoms with Crippen LogP contribution in [0.4, 0.5) is 0 Å². The number of esters is 1. The highest BCUT2D eigenvalue weighted by Gasteiger charge is 2.21. The number of hydrogen-bond donors (Lipinski definition) is 0. The lowest BCUT2D eigenvalue weighted by Crippen LogP contribution is -2.24. The van der Waals surface area contributed by atoms with Crippen LogP contribution in [0.2, 0.25) is 0 Å². The molecule has 70 valence electrons. The topological polar surface area (TPSA) is 26.3 Å². The van der Waals surface area contributed by atoms with Crippen molar-refractivity contribution in [1.82, 2.24) is 0 Å². The van der Waals surface area contributed by atoms with Crippen LogP contribution < -0.4 is 0 Å². The highest BCUT2D eigenvalue weighted by atomic mass is 35.5. The van der Waals surface area contributed by atoms with E-state index in [1.165, 1.54) is 12.8 Å². The van der Waals surface area contributed by atoms with Gasteiger partial charge in [-0.1, -0.05) is 13.3 Å². The molecule has 1 aliphatic carbocycles. The van der Waals surface area contributed by atoms with Crippen molar-refractivity contribution in [2.75, 3.05) is 5.88 Å². The predicted octanol–water partition coefficient (Wildman–Crippen LogP) is 2.35. The summed E-state index contributed by atoms with van der Waals surface area (Å²) >= 11 is 5.33. The van der Waals surface area contributed by atoms with Crippen molar-refractivity contribution in [2.24, 2.45) is 5.92 Å². The fourth-order valence-electron chi connectivity index (χ4n) is 1.70. The van der Waals surface area contributed by atoms with Crippen molar-refractivity contribution in [3.05, 3.63) is 0 Å². The highest BCUT2D eigenvalue weighted by molar-refractivity contribution is 6.26. The van der Waals surface area contributed by atoms with E-state index in [9.17, 15) is 4.79 Å². The summed E-state index contributed by atoms with van der Waals surface area (Å²) in [5.74, 6) is 0.382. The molecule has 1 saturated carbocycles. The first kappa shape index (κ1) is 9.85. The van der Waals surface area contributed by atoms with Crippen LogP contribution in [0.5, 0.6) is 0 Å². The lowest BCUT2D eigenvalue weighted by atomic mass is 9.89. The first-order valence-corrected chi connectivity index (χ1v) is 5.01. The smallest absolute Gasteiger partial charge is 0.321 e. The summed E-state index contributed by atoms with van der Waals surface area (Å²) in [6, 6.07) is 0. The largest absolute Gasteiger partial charge is 0.461 e. The summed E-state index contributed by atoms with van der Waals surface area (Å²) in [5, 5.41) is 0. The molecule has 0 radical (unpaired) electrons. The molecule has 1 rings (SSSR count). The normalized spacial score (nSPS) is 29.8. The van der Waals surface area contributed by atoms with Gasteiger partial charge in [-0.15, -0.1) is 11.6 Å². The third-order valence-electron chi connectivity index (χ3n) is 2.30. The van der Waals surface area contributed by atoms with E-state index in [1.807, 2.05) is 0 Å². The van der Waals surface area contributed by atoms with Gasteiger partial charge in [0, 0.05) is 0 Å². The summed E-state index contributed by atoms with van der Waals surface area (Å²) in [6.45, 7) is 2.20. The molecule has 0 aliphatic heterocycles. The molecule has 12 heavy (non-hydrogen) atoms. The second-order valence-corrected chi connectivity index (χ2v) is 3.78. The van der Waals surface area contributed by atoms with E-state index in [0.717, 1.165) is 12.8 Å². The van der Waals surface area contributed by atoms with E-state index in [0.29, 0.717) is 5.92 Å². The summed E-state index contributed by atoms with van der Waals surface area (Å²) in [6.07, 6.45) is 4.56. The van der Waals surface area contributed by atoms with Crippen molar-refractivity contribution in [1.29, 1.82) is 0 Å². The van der Waals surface area contributed by atoms with Crippen molar-refractivity contribution >= 4 is 17.6 Å². The Labute approximate surface area is 78.2 Å². The Kier molecular flexibility index (Phi) is 3.86. The molecule has 0 bridgehead atoms. The molecule has 2 nitrogen and oxygen atoms in total. The summed E-state index contributed by atoms with van der Waals surface area (Å²) in [4.78, 5) is 10.8. The van der Waals surface area contributed by atoms with E-state index in [4.69, 9.17) is 16.3 Å². The maximum atomic E-state index is 10.8. The summed E-state index contributed by atoms with van der Waals surface area (Å²) in [5.41, 5.74) is 0. The van der Waals surface area contributed by atoms with Gasteiger partial charge in [0.2, 0.25) is 0 Å². The fourth-order valence-corrected chi connectivity index (χ4v) is 1.77. The molecule has 3 heteroatoms. The molecular formula is C9H15ClO2. The van der Waals surface area contributed by atoms with Crippen molar-refractivity contribution in [2.45, 2.75) is 38.7 Å². The number of carbonyl (C=O) groups is 1. The van der Waals surface area contributed by atoms with Gasteiger partial charge < -0.3 is 4.74 Å². The zero-order valence-corrected chi connectivity index (χ0v) is 8.14. The van der Waals surface area contributed by atoms with E-state index in [-0.39, 0.29) is 18.0 Å². The van der Waals surface area contributed by atoms with Crippen LogP contribution in [0.15, 0.2) is 0 Å². The van der Waals surface area contributed by atoms with Crippen molar-refractivity contribution in [3.8, 4) is 0 Å². The number of rotatable bonds is 2. The van der Waals surface area contributed by atoms with Crippen LogP contribution in [0.1, 0.15) is 32.6 Å². The SMILES string of the molecule is CC1CCCC(OC(=O)CCl)C1. The second kappa shape index (κ2) is 4.70. The molecule has 0 saturated heterocycles. The zero-order valence-electron chi connectivity index (χ0n) is 7.38. The lowest BCUT2D eigenvalue weighted by molar-refractivity contribution is -0.147. The Morgan fingerprint density at radius 3 is 2.92 bits per heavy atom. The molecule has 1 aliphatic rings. The van der Waals surface area contributed by atoms with Crippen LogP contribution in [0.3, 0.4) is 0 Å². The Bertz CT molecular complexity index is 159. The molecule has 0 aromatic carbocycles. The minimum absolute atomic E-state index is 0.0229. The van der Waals surface area contributed by atoms with Gasteiger partial charge in [-0.05, 0) is 25.2 Å². The van der Waals surface area contributed by atoms with Crippen molar-refractivity contribution < 1.29 is 9.53 Å². The number of halogens is 1. The van der Waals surface area contributed by atoms with Gasteiger partial charge >= 0.3 is 5.97 Å². The molecule has 0 heterocycles. The van der Waals surface area contributed by atoms with Crippen LogP contribution in [0.25, 0.3) is 0 Å². The molecule has 2 unspecified atom stereocenters. The fraction of sp³-hybridized carbons (Fsp3) is 0.889. The minimum atomic E-state index is -0.282. The maximum Gasteiger partial charge on any atom is 0.321 e. The van der Waals surface area contributed by atoms with E-state index in [2.05, 4.69) is 6.92 Å². The summed E-state index contributed by atoms with van der Waals surface area (Å²) in [7, 11) is 0. The monoisotopic (exact) mass is 190 g/mol. The van der Waals surface area contributed by atoms with Gasteiger partial charge in [-0.2, -0.15) is 0 Å². The van der Waals surface area contributed by atoms with Crippen LogP contribution in [-0.4, -0.2) is 18.0 Å². The van der Waals surface area contributed by atoms with Crippen molar-refractivity contribution in [3.63, 3.8) is 0 Å². The number of hydrogen-bond acceptors (Lipinski definition) is 2. The Hall–Kier alpha value is -0.240. The predicted molar refractivity (Wildman–Crippen MR) is 48.2 cm³/mol. The Morgan fingerprint density at radius 2 is 2.33 bits per heavy atom. The third kappa shape index (κ3) is 3.02. The number of alkyl halides is 1. The molecule has 0 aromatic heterocycles. The van der Waals surface area contributed by atoms with Crippen LogP contribution in [0, 0.1) is 5.92 Å². The van der Waals surface area contributed by atoms with E-state index in [1.54, 1.807) is 0 Å². The van der Waals surface area contributed by atoms with Gasteiger partial charge in [0.1, 0.15) is 12.0 Å². The Balaban J connectivity index is 2.27. The number of carbonyl (C=O) groups excluding carboxylic acids is 1. The maximum absolute atomic E-state index is 10.8. The van der Waals surface area contributed by atoms with Crippen LogP contribution in [-0.2, 0) is 9.53 Å². The molecule has 0 aromatic rings. The van der Waals surface area contributed by atoms with Gasteiger partial charge in [0.15, 0.2) is 0 Å². The highest BCUT2D eigenvalue weighted by Crippen LogP contribution is 2.25. The molecular weight excluding hydrogens is 176 g/mol. The third-order valence-corrected chi connectivity index (χ3v) is 2.51. The number of ether oxygens (including phenoxy) is 1. The first-order chi connectivity index (χ1) is 5.72. The molecule has 0 amide bonds. The standard InChI is InChI=1S/C9H15ClO2/c1-7-3-2-4-8(5-7)12-9(11)6-10/h7-8H,2-6H2,1H3. The van der Waals surface area contributed by atoms with Crippen LogP contribution >= 0.6 is 11.6 Å². The van der Waals surface area contributed by atoms with Gasteiger partial charge in [0.25, 0.3) is 0 Å². The lowest BCUT2D eigenvalue weighted by Gasteiger charge is -2.26. The molecule has 0 N–H and O–H groups in total. The van der Waals surface area contributed by atoms with Gasteiger partial charge in [0.05, 0.1) is 0 Å². The average molecular weight is 191 g/mol. The molecule has 0 spiro atoms. The van der Waals surface area contributed by atoms with E-state index < -0.39 is 0 Å². The van der Waals surface area contributed by atoms with Gasteiger partial charge in [-0.3, -0.25) is 4.79 Å². The zero-order chi connectivity index (χ0) is 8.97. The molecule has 1 fully saturated rings. The molecule has 2 atom stereocenters. The minimum Gasteiger partial charge on any atom is -0.461 e. The average Bonchev–Trinajstić information content (AvgIpc) is 2.04. The van der Waals surface area contributed by atoms with E-state index >= 15 is 0 Å². The quantitative estimate of drug-likeness (QED) is 0.494.